The zero-order valence-electron chi connectivity index (χ0n) is 38.5. The van der Waals surface area contributed by atoms with Gasteiger partial charge in [0.15, 0.2) is 0 Å². The Bertz CT molecular complexity index is 3030. The summed E-state index contributed by atoms with van der Waals surface area (Å²) in [6.45, 7) is 27.7. The smallest absolute Gasteiger partial charge is 0.0557 e. The molecule has 0 fully saturated rings. The van der Waals surface area contributed by atoms with Crippen LogP contribution in [-0.4, -0.2) is 4.98 Å². The zero-order chi connectivity index (χ0) is 44.3. The predicted octanol–water partition coefficient (Wildman–Crippen LogP) is 18.1. The fourth-order valence-electron chi connectivity index (χ4n) is 9.42. The van der Waals surface area contributed by atoms with Crippen molar-refractivity contribution in [3.8, 4) is 55.6 Å². The quantitative estimate of drug-likeness (QED) is 0.182. The van der Waals surface area contributed by atoms with Crippen LogP contribution in [0, 0.1) is 0 Å². The maximum Gasteiger partial charge on any atom is 0.0557 e. The number of H-pyrrole nitrogens is 1. The van der Waals surface area contributed by atoms with Crippen molar-refractivity contribution >= 4 is 45.0 Å². The standard InChI is InChI=1S/C59H59Cl2N/c1-56(2,3)39-26-36(27-40(32-39)57(4,5)6)34-21-23-43-38(25-34)30-47-51(43)53(45-18-14-16-20-49(45)61)55-54(52(47)44-17-13-15-19-48(44)60)46-24-22-35(31-50(46)62-55)37-28-41(58(7,8)9)33-42(29-37)59(10,11)12/h13-29,31-33,62H,30H2,1-12H3. The number of benzene rings is 7. The van der Waals surface area contributed by atoms with Gasteiger partial charge in [0.25, 0.3) is 0 Å². The lowest BCUT2D eigenvalue weighted by Gasteiger charge is -2.26. The van der Waals surface area contributed by atoms with Gasteiger partial charge in [-0.3, -0.25) is 0 Å². The molecule has 1 aliphatic rings. The molecule has 1 N–H and O–H groups in total. The first-order valence-corrected chi connectivity index (χ1v) is 22.9. The van der Waals surface area contributed by atoms with Crippen molar-refractivity contribution in [1.29, 1.82) is 0 Å². The average Bonchev–Trinajstić information content (AvgIpc) is 3.77. The van der Waals surface area contributed by atoms with Crippen LogP contribution in [0.2, 0.25) is 10.0 Å². The molecule has 0 aliphatic heterocycles. The molecule has 0 bridgehead atoms. The van der Waals surface area contributed by atoms with Gasteiger partial charge in [0.1, 0.15) is 0 Å². The highest BCUT2D eigenvalue weighted by atomic mass is 35.5. The zero-order valence-corrected chi connectivity index (χ0v) is 40.0. The summed E-state index contributed by atoms with van der Waals surface area (Å²) in [6.07, 6.45) is 0.775. The van der Waals surface area contributed by atoms with E-state index in [1.807, 2.05) is 24.3 Å². The molecule has 8 aromatic rings. The lowest BCUT2D eigenvalue weighted by molar-refractivity contribution is 0.568. The van der Waals surface area contributed by atoms with Crippen molar-refractivity contribution in [2.24, 2.45) is 0 Å². The Morgan fingerprint density at radius 3 is 1.35 bits per heavy atom. The second-order valence-electron chi connectivity index (χ2n) is 21.8. The molecule has 9 rings (SSSR count). The minimum absolute atomic E-state index is 0.0123. The van der Waals surface area contributed by atoms with Gasteiger partial charge in [-0.05, 0) is 119 Å². The molecule has 1 nitrogen and oxygen atoms in total. The summed E-state index contributed by atoms with van der Waals surface area (Å²) in [5.74, 6) is 0. The summed E-state index contributed by atoms with van der Waals surface area (Å²) in [4.78, 5) is 4.04. The second-order valence-corrected chi connectivity index (χ2v) is 22.7. The van der Waals surface area contributed by atoms with Crippen LogP contribution in [-0.2, 0) is 28.1 Å². The van der Waals surface area contributed by atoms with E-state index in [9.17, 15) is 0 Å². The topological polar surface area (TPSA) is 15.8 Å². The van der Waals surface area contributed by atoms with E-state index in [0.717, 1.165) is 44.2 Å². The molecule has 314 valence electrons. The van der Waals surface area contributed by atoms with Crippen LogP contribution in [0.25, 0.3) is 77.4 Å². The third-order valence-electron chi connectivity index (χ3n) is 13.2. The summed E-state index contributed by atoms with van der Waals surface area (Å²) in [7, 11) is 0. The fourth-order valence-corrected chi connectivity index (χ4v) is 9.88. The Balaban J connectivity index is 1.34. The minimum Gasteiger partial charge on any atom is -0.354 e. The van der Waals surface area contributed by atoms with Gasteiger partial charge in [0.2, 0.25) is 0 Å². The maximum absolute atomic E-state index is 7.26. The van der Waals surface area contributed by atoms with Crippen molar-refractivity contribution in [3.05, 3.63) is 165 Å². The number of halogens is 2. The van der Waals surface area contributed by atoms with Gasteiger partial charge in [-0.15, -0.1) is 0 Å². The van der Waals surface area contributed by atoms with Crippen molar-refractivity contribution in [3.63, 3.8) is 0 Å². The highest BCUT2D eigenvalue weighted by Gasteiger charge is 2.33. The third-order valence-corrected chi connectivity index (χ3v) is 13.8. The van der Waals surface area contributed by atoms with Crippen LogP contribution in [0.5, 0.6) is 0 Å². The highest BCUT2D eigenvalue weighted by Crippen LogP contribution is 2.55. The van der Waals surface area contributed by atoms with Crippen molar-refractivity contribution in [1.82, 2.24) is 4.98 Å². The van der Waals surface area contributed by atoms with Crippen LogP contribution < -0.4 is 0 Å². The van der Waals surface area contributed by atoms with Crippen LogP contribution in [0.1, 0.15) is 116 Å². The van der Waals surface area contributed by atoms with E-state index in [1.54, 1.807) is 0 Å². The summed E-state index contributed by atoms with van der Waals surface area (Å²) in [5.41, 5.74) is 22.0. The second kappa shape index (κ2) is 14.8. The fraction of sp³-hybridized carbons (Fsp3) is 0.288. The first-order chi connectivity index (χ1) is 29.1. The SMILES string of the molecule is CC(C)(C)c1cc(-c2ccc3c(c2)Cc2c-3c(-c3ccccc3Cl)c3[nH]c4cc(-c5cc(C(C)(C)C)cc(C(C)(C)C)c5)ccc4c3c2-c2ccccc2Cl)cc(C(C)(C)C)c1. The van der Waals surface area contributed by atoms with Crippen LogP contribution in [0.3, 0.4) is 0 Å². The first kappa shape index (κ1) is 42.2. The van der Waals surface area contributed by atoms with Gasteiger partial charge in [-0.1, -0.05) is 209 Å². The molecule has 62 heavy (non-hydrogen) atoms. The first-order valence-electron chi connectivity index (χ1n) is 22.2. The Morgan fingerprint density at radius 2 is 0.871 bits per heavy atom. The van der Waals surface area contributed by atoms with Gasteiger partial charge in [0.05, 0.1) is 5.52 Å². The van der Waals surface area contributed by atoms with E-state index < -0.39 is 0 Å². The van der Waals surface area contributed by atoms with Gasteiger partial charge in [-0.2, -0.15) is 0 Å². The molecule has 0 saturated heterocycles. The lowest BCUT2D eigenvalue weighted by atomic mass is 9.79. The minimum atomic E-state index is 0.0123. The maximum atomic E-state index is 7.26. The van der Waals surface area contributed by atoms with Gasteiger partial charge < -0.3 is 4.98 Å². The van der Waals surface area contributed by atoms with Crippen LogP contribution >= 0.6 is 23.2 Å². The molecule has 0 unspecified atom stereocenters. The molecule has 0 amide bonds. The van der Waals surface area contributed by atoms with Crippen molar-refractivity contribution < 1.29 is 0 Å². The number of nitrogens with one attached hydrogen (secondary N) is 1. The van der Waals surface area contributed by atoms with Gasteiger partial charge >= 0.3 is 0 Å². The van der Waals surface area contributed by atoms with E-state index in [-0.39, 0.29) is 21.7 Å². The van der Waals surface area contributed by atoms with Crippen molar-refractivity contribution in [2.45, 2.75) is 111 Å². The molecular weight excluding hydrogens is 794 g/mol. The third kappa shape index (κ3) is 7.40. The molecular formula is C59H59Cl2N. The molecule has 1 heterocycles. The normalized spacial score (nSPS) is 13.3. The number of hydrogen-bond acceptors (Lipinski definition) is 0. The monoisotopic (exact) mass is 851 g/mol. The molecule has 0 spiro atoms. The molecule has 1 aromatic heterocycles. The van der Waals surface area contributed by atoms with E-state index in [1.165, 1.54) is 83.1 Å². The molecule has 7 aromatic carbocycles. The number of aromatic nitrogens is 1. The van der Waals surface area contributed by atoms with Gasteiger partial charge in [0, 0.05) is 43.0 Å². The summed E-state index contributed by atoms with van der Waals surface area (Å²) < 4.78 is 0. The molecule has 1 aliphatic carbocycles. The highest BCUT2D eigenvalue weighted by molar-refractivity contribution is 6.36. The van der Waals surface area contributed by atoms with E-state index in [2.05, 4.69) is 185 Å². The summed E-state index contributed by atoms with van der Waals surface area (Å²) in [5, 5.41) is 3.82. The van der Waals surface area contributed by atoms with Crippen molar-refractivity contribution in [2.75, 3.05) is 0 Å². The Morgan fingerprint density at radius 1 is 0.419 bits per heavy atom. The van der Waals surface area contributed by atoms with Crippen LogP contribution in [0.4, 0.5) is 0 Å². The number of aromatic amines is 1. The molecule has 0 atom stereocenters. The number of hydrogen-bond donors (Lipinski definition) is 1. The lowest BCUT2D eigenvalue weighted by Crippen LogP contribution is -2.16. The van der Waals surface area contributed by atoms with Gasteiger partial charge in [-0.25, -0.2) is 0 Å². The summed E-state index contributed by atoms with van der Waals surface area (Å²) in [6, 6.07) is 45.1. The average molecular weight is 853 g/mol. The summed E-state index contributed by atoms with van der Waals surface area (Å²) >= 11 is 14.5. The molecule has 0 radical (unpaired) electrons. The van der Waals surface area contributed by atoms with E-state index >= 15 is 0 Å². The number of fused-ring (bicyclic) bond motifs is 6. The predicted molar refractivity (Wildman–Crippen MR) is 271 cm³/mol. The molecule has 0 saturated carbocycles. The Labute approximate surface area is 379 Å². The van der Waals surface area contributed by atoms with E-state index in [0.29, 0.717) is 0 Å². The Kier molecular flexibility index (Phi) is 10.0. The van der Waals surface area contributed by atoms with E-state index in [4.69, 9.17) is 23.2 Å². The largest absolute Gasteiger partial charge is 0.354 e. The molecule has 3 heteroatoms. The van der Waals surface area contributed by atoms with Crippen LogP contribution in [0.15, 0.2) is 121 Å². The number of rotatable bonds is 4. The Hall–Kier alpha value is -5.08.